The summed E-state index contributed by atoms with van der Waals surface area (Å²) in [4.78, 5) is 21.0. The van der Waals surface area contributed by atoms with Crippen LogP contribution in [0.25, 0.3) is 5.95 Å². The number of hydrogen-bond donors (Lipinski definition) is 0. The minimum Gasteiger partial charge on any atom is -0.341 e. The van der Waals surface area contributed by atoms with Gasteiger partial charge in [-0.2, -0.15) is 24.7 Å². The van der Waals surface area contributed by atoms with Gasteiger partial charge in [0.05, 0.1) is 0 Å². The number of rotatable bonds is 3. The zero-order chi connectivity index (χ0) is 14.8. The Labute approximate surface area is 127 Å². The molecule has 0 unspecified atom stereocenters. The second-order valence-corrected chi connectivity index (χ2v) is 5.56. The highest BCUT2D eigenvalue weighted by Gasteiger charge is 2.23. The molecule has 8 nitrogen and oxygen atoms in total. The Morgan fingerprint density at radius 1 is 1.14 bits per heavy atom. The Balaban J connectivity index is 1.80. The molecule has 0 N–H and O–H groups in total. The fourth-order valence-electron chi connectivity index (χ4n) is 2.47. The molecule has 3 rings (SSSR count). The van der Waals surface area contributed by atoms with Gasteiger partial charge in [0.2, 0.25) is 11.2 Å². The van der Waals surface area contributed by atoms with Crippen molar-refractivity contribution >= 4 is 17.5 Å². The summed E-state index contributed by atoms with van der Waals surface area (Å²) < 4.78 is 1.48. The SMILES string of the molecule is CN(C)C1CCN(c2nc(Cl)nc(-n3cncn3)n2)CC1. The summed E-state index contributed by atoms with van der Waals surface area (Å²) in [5.41, 5.74) is 0. The minimum atomic E-state index is 0.167. The van der Waals surface area contributed by atoms with Crippen LogP contribution in [0.5, 0.6) is 0 Å². The van der Waals surface area contributed by atoms with E-state index in [4.69, 9.17) is 11.6 Å². The molecule has 1 fully saturated rings. The molecule has 1 aliphatic heterocycles. The summed E-state index contributed by atoms with van der Waals surface area (Å²) in [5.74, 6) is 0.981. The fourth-order valence-corrected chi connectivity index (χ4v) is 2.62. The molecule has 21 heavy (non-hydrogen) atoms. The third kappa shape index (κ3) is 3.11. The number of nitrogens with zero attached hydrogens (tertiary/aromatic N) is 8. The first-order chi connectivity index (χ1) is 10.1. The van der Waals surface area contributed by atoms with Gasteiger partial charge in [0.15, 0.2) is 0 Å². The van der Waals surface area contributed by atoms with Crippen LogP contribution in [0.3, 0.4) is 0 Å². The Hall–Kier alpha value is -1.80. The van der Waals surface area contributed by atoms with Crippen LogP contribution in [-0.2, 0) is 0 Å². The molecule has 0 atom stereocenters. The van der Waals surface area contributed by atoms with E-state index >= 15 is 0 Å². The first-order valence-corrected chi connectivity index (χ1v) is 7.19. The highest BCUT2D eigenvalue weighted by atomic mass is 35.5. The highest BCUT2D eigenvalue weighted by Crippen LogP contribution is 2.20. The molecule has 0 bridgehead atoms. The van der Waals surface area contributed by atoms with E-state index in [0.29, 0.717) is 17.9 Å². The van der Waals surface area contributed by atoms with E-state index in [0.717, 1.165) is 25.9 Å². The molecule has 0 spiro atoms. The van der Waals surface area contributed by atoms with Gasteiger partial charge in [0, 0.05) is 19.1 Å². The lowest BCUT2D eigenvalue weighted by molar-refractivity contribution is 0.249. The van der Waals surface area contributed by atoms with Crippen molar-refractivity contribution in [3.63, 3.8) is 0 Å². The zero-order valence-corrected chi connectivity index (χ0v) is 12.8. The predicted molar refractivity (Wildman–Crippen MR) is 78.7 cm³/mol. The summed E-state index contributed by atoms with van der Waals surface area (Å²) in [6.45, 7) is 1.81. The van der Waals surface area contributed by atoms with Crippen molar-refractivity contribution in [3.05, 3.63) is 17.9 Å². The van der Waals surface area contributed by atoms with Crippen LogP contribution in [0.2, 0.25) is 5.28 Å². The average Bonchev–Trinajstić information content (AvgIpc) is 3.01. The van der Waals surface area contributed by atoms with Crippen LogP contribution in [0.1, 0.15) is 12.8 Å². The molecule has 1 aliphatic rings. The quantitative estimate of drug-likeness (QED) is 0.823. The topological polar surface area (TPSA) is 75.9 Å². The third-order valence-corrected chi connectivity index (χ3v) is 3.85. The molecule has 0 aliphatic carbocycles. The molecule has 2 aromatic rings. The maximum Gasteiger partial charge on any atom is 0.258 e. The van der Waals surface area contributed by atoms with Gasteiger partial charge in [-0.15, -0.1) is 0 Å². The van der Waals surface area contributed by atoms with E-state index in [-0.39, 0.29) is 5.28 Å². The van der Waals surface area contributed by atoms with Crippen LogP contribution in [0.15, 0.2) is 12.7 Å². The zero-order valence-electron chi connectivity index (χ0n) is 12.0. The van der Waals surface area contributed by atoms with Gasteiger partial charge in [-0.1, -0.05) is 0 Å². The standard InChI is InChI=1S/C12H17ClN8/c1-19(2)9-3-5-20(6-4-9)11-16-10(13)17-12(18-11)21-8-14-7-15-21/h7-9H,3-6H2,1-2H3. The smallest absolute Gasteiger partial charge is 0.258 e. The monoisotopic (exact) mass is 308 g/mol. The summed E-state index contributed by atoms with van der Waals surface area (Å²) in [6.07, 6.45) is 5.12. The van der Waals surface area contributed by atoms with E-state index in [2.05, 4.69) is 48.9 Å². The number of piperidine rings is 1. The molecule has 9 heteroatoms. The van der Waals surface area contributed by atoms with Crippen LogP contribution in [0, 0.1) is 0 Å². The lowest BCUT2D eigenvalue weighted by Crippen LogP contribution is -2.42. The van der Waals surface area contributed by atoms with Gasteiger partial charge >= 0.3 is 0 Å². The average molecular weight is 309 g/mol. The second-order valence-electron chi connectivity index (χ2n) is 5.23. The summed E-state index contributed by atoms with van der Waals surface area (Å²) in [6, 6.07) is 0.605. The second kappa shape index (κ2) is 5.90. The summed E-state index contributed by atoms with van der Waals surface area (Å²) >= 11 is 6.01. The minimum absolute atomic E-state index is 0.167. The lowest BCUT2D eigenvalue weighted by atomic mass is 10.0. The van der Waals surface area contributed by atoms with Crippen molar-refractivity contribution in [2.24, 2.45) is 0 Å². The molecule has 112 valence electrons. The normalized spacial score (nSPS) is 16.7. The van der Waals surface area contributed by atoms with Gasteiger partial charge in [-0.05, 0) is 38.5 Å². The molecule has 0 amide bonds. The van der Waals surface area contributed by atoms with Gasteiger partial charge in [-0.3, -0.25) is 0 Å². The maximum atomic E-state index is 6.01. The molecule has 0 saturated carbocycles. The Morgan fingerprint density at radius 2 is 1.86 bits per heavy atom. The van der Waals surface area contributed by atoms with Crippen molar-refractivity contribution in [3.8, 4) is 5.95 Å². The molecule has 0 aromatic carbocycles. The van der Waals surface area contributed by atoms with Crippen LogP contribution in [0.4, 0.5) is 5.95 Å². The van der Waals surface area contributed by atoms with Crippen molar-refractivity contribution in [1.29, 1.82) is 0 Å². The molecular weight excluding hydrogens is 292 g/mol. The Bertz CT molecular complexity index is 591. The molecule has 3 heterocycles. The summed E-state index contributed by atoms with van der Waals surface area (Å²) in [5, 5.41) is 4.18. The van der Waals surface area contributed by atoms with Crippen molar-refractivity contribution in [1.82, 2.24) is 34.6 Å². The molecule has 0 radical (unpaired) electrons. The Kier molecular flexibility index (Phi) is 3.98. The highest BCUT2D eigenvalue weighted by molar-refractivity contribution is 6.28. The Morgan fingerprint density at radius 3 is 2.48 bits per heavy atom. The summed E-state index contributed by atoms with van der Waals surface area (Å²) in [7, 11) is 4.23. The first-order valence-electron chi connectivity index (χ1n) is 6.81. The van der Waals surface area contributed by atoms with E-state index < -0.39 is 0 Å². The van der Waals surface area contributed by atoms with Gasteiger partial charge in [0.25, 0.3) is 5.95 Å². The first kappa shape index (κ1) is 14.2. The van der Waals surface area contributed by atoms with E-state index in [1.165, 1.54) is 17.3 Å². The van der Waals surface area contributed by atoms with Crippen LogP contribution in [-0.4, -0.2) is 67.8 Å². The van der Waals surface area contributed by atoms with Crippen molar-refractivity contribution < 1.29 is 0 Å². The number of aromatic nitrogens is 6. The maximum absolute atomic E-state index is 6.01. The van der Waals surface area contributed by atoms with E-state index in [1.54, 1.807) is 0 Å². The third-order valence-electron chi connectivity index (χ3n) is 3.69. The van der Waals surface area contributed by atoms with Crippen LogP contribution >= 0.6 is 11.6 Å². The number of anilines is 1. The van der Waals surface area contributed by atoms with Crippen molar-refractivity contribution in [2.45, 2.75) is 18.9 Å². The van der Waals surface area contributed by atoms with E-state index in [1.807, 2.05) is 0 Å². The van der Waals surface area contributed by atoms with Gasteiger partial charge < -0.3 is 9.80 Å². The molecule has 2 aromatic heterocycles. The number of halogens is 1. The van der Waals surface area contributed by atoms with E-state index in [9.17, 15) is 0 Å². The number of hydrogen-bond acceptors (Lipinski definition) is 7. The molecule has 1 saturated heterocycles. The molecular formula is C12H17ClN8. The largest absolute Gasteiger partial charge is 0.341 e. The van der Waals surface area contributed by atoms with Crippen molar-refractivity contribution in [2.75, 3.05) is 32.1 Å². The predicted octanol–water partition coefficient (Wildman–Crippen LogP) is 0.636. The fraction of sp³-hybridized carbons (Fsp3) is 0.583. The van der Waals surface area contributed by atoms with Crippen LogP contribution < -0.4 is 4.90 Å². The lowest BCUT2D eigenvalue weighted by Gasteiger charge is -2.35. The van der Waals surface area contributed by atoms with Gasteiger partial charge in [-0.25, -0.2) is 4.98 Å². The van der Waals surface area contributed by atoms with Gasteiger partial charge in [0.1, 0.15) is 12.7 Å².